The standard InChI is InChI=1S/C17H22F2N2O6/c1-24-14-8-12(13(21(22)23)9-15(14)27-17(18)19)10-20-4-2-11(3-5-20)16-25-6-7-26-16/h8-9,11,16-17H,2-7,10H2,1H3. The van der Waals surface area contributed by atoms with Crippen molar-refractivity contribution in [2.75, 3.05) is 33.4 Å². The average Bonchev–Trinajstić information content (AvgIpc) is 3.17. The third-order valence-corrected chi connectivity index (χ3v) is 4.84. The van der Waals surface area contributed by atoms with Gasteiger partial charge in [0.05, 0.1) is 31.3 Å². The van der Waals surface area contributed by atoms with Crippen LogP contribution in [0.5, 0.6) is 11.5 Å². The topological polar surface area (TPSA) is 83.3 Å². The number of piperidine rings is 1. The van der Waals surface area contributed by atoms with Crippen LogP contribution in [0.2, 0.25) is 0 Å². The van der Waals surface area contributed by atoms with Gasteiger partial charge in [0.15, 0.2) is 17.8 Å². The van der Waals surface area contributed by atoms with Crippen LogP contribution in [0.3, 0.4) is 0 Å². The number of benzene rings is 1. The number of alkyl halides is 2. The Morgan fingerprint density at radius 1 is 1.26 bits per heavy atom. The minimum absolute atomic E-state index is 0.0403. The minimum atomic E-state index is -3.09. The van der Waals surface area contributed by atoms with Gasteiger partial charge in [-0.05, 0) is 32.0 Å². The number of hydrogen-bond donors (Lipinski definition) is 0. The molecule has 0 amide bonds. The van der Waals surface area contributed by atoms with Gasteiger partial charge < -0.3 is 18.9 Å². The van der Waals surface area contributed by atoms with Gasteiger partial charge in [-0.2, -0.15) is 8.78 Å². The number of likely N-dealkylation sites (tertiary alicyclic amines) is 1. The molecule has 1 aromatic carbocycles. The number of hydrogen-bond acceptors (Lipinski definition) is 7. The van der Waals surface area contributed by atoms with E-state index in [1.165, 1.54) is 13.2 Å². The van der Waals surface area contributed by atoms with Crippen molar-refractivity contribution in [3.8, 4) is 11.5 Å². The van der Waals surface area contributed by atoms with Crippen LogP contribution in [0.25, 0.3) is 0 Å². The molecule has 3 rings (SSSR count). The molecule has 0 saturated carbocycles. The van der Waals surface area contributed by atoms with E-state index in [9.17, 15) is 18.9 Å². The maximum atomic E-state index is 12.5. The first kappa shape index (κ1) is 19.7. The first-order valence-corrected chi connectivity index (χ1v) is 8.73. The van der Waals surface area contributed by atoms with Gasteiger partial charge in [0.1, 0.15) is 0 Å². The largest absolute Gasteiger partial charge is 0.493 e. The van der Waals surface area contributed by atoms with Crippen molar-refractivity contribution in [2.45, 2.75) is 32.3 Å². The monoisotopic (exact) mass is 388 g/mol. The molecule has 2 fully saturated rings. The normalized spacial score (nSPS) is 19.6. The first-order chi connectivity index (χ1) is 13.0. The number of nitrogens with zero attached hydrogens (tertiary/aromatic N) is 2. The molecule has 8 nitrogen and oxygen atoms in total. The van der Waals surface area contributed by atoms with Crippen LogP contribution in [0.4, 0.5) is 14.5 Å². The highest BCUT2D eigenvalue weighted by atomic mass is 19.3. The second kappa shape index (κ2) is 8.77. The third-order valence-electron chi connectivity index (χ3n) is 4.84. The molecule has 150 valence electrons. The van der Waals surface area contributed by atoms with Crippen molar-refractivity contribution in [1.29, 1.82) is 0 Å². The summed E-state index contributed by atoms with van der Waals surface area (Å²) in [7, 11) is 1.30. The molecule has 0 atom stereocenters. The predicted molar refractivity (Wildman–Crippen MR) is 90.0 cm³/mol. The average molecular weight is 388 g/mol. The Labute approximate surface area is 155 Å². The molecule has 2 saturated heterocycles. The Kier molecular flexibility index (Phi) is 6.40. The summed E-state index contributed by atoms with van der Waals surface area (Å²) < 4.78 is 45.6. The highest BCUT2D eigenvalue weighted by Crippen LogP contribution is 2.37. The highest BCUT2D eigenvalue weighted by molar-refractivity contribution is 5.54. The second-order valence-electron chi connectivity index (χ2n) is 6.49. The Balaban J connectivity index is 1.71. The Morgan fingerprint density at radius 3 is 2.48 bits per heavy atom. The zero-order valence-electron chi connectivity index (χ0n) is 14.9. The zero-order valence-corrected chi connectivity index (χ0v) is 14.9. The van der Waals surface area contributed by atoms with E-state index in [1.54, 1.807) is 0 Å². The van der Waals surface area contributed by atoms with Crippen LogP contribution in [0.1, 0.15) is 18.4 Å². The molecule has 0 aromatic heterocycles. The fourth-order valence-electron chi connectivity index (χ4n) is 3.51. The Hall–Kier alpha value is -2.04. The van der Waals surface area contributed by atoms with Gasteiger partial charge in [-0.1, -0.05) is 0 Å². The van der Waals surface area contributed by atoms with Crippen molar-refractivity contribution in [3.05, 3.63) is 27.8 Å². The van der Waals surface area contributed by atoms with Gasteiger partial charge in [-0.3, -0.25) is 15.0 Å². The van der Waals surface area contributed by atoms with E-state index in [4.69, 9.17) is 14.2 Å². The fourth-order valence-corrected chi connectivity index (χ4v) is 3.51. The van der Waals surface area contributed by atoms with Crippen LogP contribution < -0.4 is 9.47 Å². The molecule has 10 heteroatoms. The SMILES string of the molecule is COc1cc(CN2CCC(C3OCCO3)CC2)c([N+](=O)[O-])cc1OC(F)F. The zero-order chi connectivity index (χ0) is 19.4. The van der Waals surface area contributed by atoms with Crippen molar-refractivity contribution < 1.29 is 32.7 Å². The van der Waals surface area contributed by atoms with Crippen molar-refractivity contribution in [2.24, 2.45) is 5.92 Å². The summed E-state index contributed by atoms with van der Waals surface area (Å²) in [6, 6.07) is 2.39. The maximum Gasteiger partial charge on any atom is 0.387 e. The van der Waals surface area contributed by atoms with Gasteiger partial charge >= 0.3 is 6.61 Å². The van der Waals surface area contributed by atoms with Gasteiger partial charge in [-0.15, -0.1) is 0 Å². The summed E-state index contributed by atoms with van der Waals surface area (Å²) >= 11 is 0. The summed E-state index contributed by atoms with van der Waals surface area (Å²) in [5.74, 6) is 0.00539. The molecule has 0 radical (unpaired) electrons. The number of nitro groups is 1. The summed E-state index contributed by atoms with van der Waals surface area (Å²) in [5.41, 5.74) is 0.126. The lowest BCUT2D eigenvalue weighted by Gasteiger charge is -2.33. The van der Waals surface area contributed by atoms with Crippen LogP contribution in [-0.2, 0) is 16.0 Å². The van der Waals surface area contributed by atoms with Gasteiger partial charge in [0.25, 0.3) is 5.69 Å². The van der Waals surface area contributed by atoms with E-state index in [-0.39, 0.29) is 23.5 Å². The molecule has 1 aromatic rings. The van der Waals surface area contributed by atoms with E-state index < -0.39 is 11.5 Å². The number of ether oxygens (including phenoxy) is 4. The molecule has 0 aliphatic carbocycles. The number of methoxy groups -OCH3 is 1. The van der Waals surface area contributed by atoms with Crippen LogP contribution in [0, 0.1) is 16.0 Å². The summed E-state index contributed by atoms with van der Waals surface area (Å²) in [4.78, 5) is 12.9. The van der Waals surface area contributed by atoms with Crippen LogP contribution >= 0.6 is 0 Å². The van der Waals surface area contributed by atoms with Crippen molar-refractivity contribution in [1.82, 2.24) is 4.90 Å². The van der Waals surface area contributed by atoms with Gasteiger partial charge in [0, 0.05) is 18.0 Å². The quantitative estimate of drug-likeness (QED) is 0.525. The van der Waals surface area contributed by atoms with E-state index in [0.29, 0.717) is 31.2 Å². The van der Waals surface area contributed by atoms with Gasteiger partial charge in [-0.25, -0.2) is 0 Å². The molecule has 0 spiro atoms. The lowest BCUT2D eigenvalue weighted by Crippen LogP contribution is -2.37. The van der Waals surface area contributed by atoms with E-state index >= 15 is 0 Å². The fraction of sp³-hybridized carbons (Fsp3) is 0.647. The Morgan fingerprint density at radius 2 is 1.93 bits per heavy atom. The van der Waals surface area contributed by atoms with E-state index in [0.717, 1.165) is 32.0 Å². The molecule has 2 heterocycles. The summed E-state index contributed by atoms with van der Waals surface area (Å²) in [5, 5.41) is 11.4. The lowest BCUT2D eigenvalue weighted by atomic mass is 9.95. The summed E-state index contributed by atoms with van der Waals surface area (Å²) in [6.07, 6.45) is 1.57. The molecular formula is C17H22F2N2O6. The lowest BCUT2D eigenvalue weighted by molar-refractivity contribution is -0.385. The van der Waals surface area contributed by atoms with Crippen molar-refractivity contribution >= 4 is 5.69 Å². The molecular weight excluding hydrogens is 366 g/mol. The van der Waals surface area contributed by atoms with Crippen molar-refractivity contribution in [3.63, 3.8) is 0 Å². The van der Waals surface area contributed by atoms with E-state index in [2.05, 4.69) is 9.64 Å². The maximum absolute atomic E-state index is 12.5. The van der Waals surface area contributed by atoms with Gasteiger partial charge in [0.2, 0.25) is 0 Å². The molecule has 2 aliphatic heterocycles. The Bertz CT molecular complexity index is 661. The molecule has 0 N–H and O–H groups in total. The first-order valence-electron chi connectivity index (χ1n) is 8.73. The number of nitro benzene ring substituents is 1. The molecule has 27 heavy (non-hydrogen) atoms. The number of halogens is 2. The predicted octanol–water partition coefficient (Wildman–Crippen LogP) is 2.79. The second-order valence-corrected chi connectivity index (χ2v) is 6.49. The molecule has 0 unspecified atom stereocenters. The van der Waals surface area contributed by atoms with Crippen LogP contribution in [0.15, 0.2) is 12.1 Å². The minimum Gasteiger partial charge on any atom is -0.493 e. The highest BCUT2D eigenvalue weighted by Gasteiger charge is 2.31. The molecule has 2 aliphatic rings. The van der Waals surface area contributed by atoms with E-state index in [1.807, 2.05) is 0 Å². The van der Waals surface area contributed by atoms with Crippen LogP contribution in [-0.4, -0.2) is 56.1 Å². The summed E-state index contributed by atoms with van der Waals surface area (Å²) in [6.45, 7) is -0.0665. The molecule has 0 bridgehead atoms. The number of rotatable bonds is 7. The third kappa shape index (κ3) is 4.82. The smallest absolute Gasteiger partial charge is 0.387 e.